The third-order valence-electron chi connectivity index (χ3n) is 3.50. The summed E-state index contributed by atoms with van der Waals surface area (Å²) in [5.41, 5.74) is 0.937. The molecule has 2 aromatic rings. The van der Waals surface area contributed by atoms with Crippen molar-refractivity contribution in [2.45, 2.75) is 12.3 Å². The van der Waals surface area contributed by atoms with Crippen molar-refractivity contribution in [3.05, 3.63) is 30.4 Å². The fourth-order valence-electron chi connectivity index (χ4n) is 2.59. The van der Waals surface area contributed by atoms with E-state index in [1.54, 1.807) is 12.4 Å². The Hall–Kier alpha value is -1.95. The summed E-state index contributed by atoms with van der Waals surface area (Å²) in [6.45, 7) is 1.34. The highest BCUT2D eigenvalue weighted by Gasteiger charge is 2.33. The van der Waals surface area contributed by atoms with Crippen LogP contribution in [-0.4, -0.2) is 38.5 Å². The molecule has 18 heavy (non-hydrogen) atoms. The summed E-state index contributed by atoms with van der Waals surface area (Å²) < 4.78 is 1.88. The fraction of sp³-hybridized carbons (Fsp3) is 0.417. The van der Waals surface area contributed by atoms with Crippen LogP contribution in [0.3, 0.4) is 0 Å². The highest BCUT2D eigenvalue weighted by atomic mass is 16.4. The van der Waals surface area contributed by atoms with E-state index >= 15 is 0 Å². The molecule has 2 N–H and O–H groups in total. The second-order valence-electron chi connectivity index (χ2n) is 4.52. The molecule has 6 heteroatoms. The molecule has 2 atom stereocenters. The van der Waals surface area contributed by atoms with E-state index in [-0.39, 0.29) is 5.92 Å². The molecule has 0 aliphatic carbocycles. The van der Waals surface area contributed by atoms with Gasteiger partial charge < -0.3 is 10.4 Å². The average Bonchev–Trinajstić information content (AvgIpc) is 2.82. The van der Waals surface area contributed by atoms with Gasteiger partial charge in [0, 0.05) is 30.6 Å². The molecule has 0 saturated carbocycles. The molecule has 3 rings (SSSR count). The Bertz CT molecular complexity index is 580. The molecule has 0 radical (unpaired) electrons. The molecular weight excluding hydrogens is 232 g/mol. The van der Waals surface area contributed by atoms with E-state index in [2.05, 4.69) is 15.3 Å². The van der Waals surface area contributed by atoms with Crippen LogP contribution in [0.25, 0.3) is 5.78 Å². The van der Waals surface area contributed by atoms with E-state index in [4.69, 9.17) is 0 Å². The van der Waals surface area contributed by atoms with Crippen LogP contribution in [-0.2, 0) is 4.79 Å². The summed E-state index contributed by atoms with van der Waals surface area (Å²) in [5, 5.41) is 12.4. The molecule has 2 unspecified atom stereocenters. The molecule has 1 fully saturated rings. The van der Waals surface area contributed by atoms with Crippen molar-refractivity contribution in [1.29, 1.82) is 0 Å². The van der Waals surface area contributed by atoms with Gasteiger partial charge in [0.15, 0.2) is 0 Å². The van der Waals surface area contributed by atoms with Crippen molar-refractivity contribution in [1.82, 2.24) is 19.7 Å². The van der Waals surface area contributed by atoms with Crippen molar-refractivity contribution >= 4 is 11.7 Å². The first-order chi connectivity index (χ1) is 8.77. The molecule has 0 aromatic carbocycles. The van der Waals surface area contributed by atoms with Gasteiger partial charge in [-0.2, -0.15) is 0 Å². The Labute approximate surface area is 104 Å². The van der Waals surface area contributed by atoms with Crippen molar-refractivity contribution in [2.24, 2.45) is 5.92 Å². The Morgan fingerprint density at radius 3 is 3.22 bits per heavy atom. The SMILES string of the molecule is O=C(O)C1CNCCC1c1cnc2ncccn12. The number of carboxylic acid groups (broad SMARTS) is 1. The molecule has 1 aliphatic heterocycles. The summed E-state index contributed by atoms with van der Waals surface area (Å²) >= 11 is 0. The number of hydrogen-bond donors (Lipinski definition) is 2. The van der Waals surface area contributed by atoms with Crippen LogP contribution in [0.2, 0.25) is 0 Å². The van der Waals surface area contributed by atoms with Crippen LogP contribution in [0, 0.1) is 5.92 Å². The van der Waals surface area contributed by atoms with Crippen LogP contribution in [0.1, 0.15) is 18.0 Å². The molecule has 1 aliphatic rings. The monoisotopic (exact) mass is 246 g/mol. The minimum atomic E-state index is -0.758. The van der Waals surface area contributed by atoms with E-state index < -0.39 is 11.9 Å². The number of piperidine rings is 1. The first-order valence-corrected chi connectivity index (χ1v) is 5.99. The lowest BCUT2D eigenvalue weighted by Crippen LogP contribution is -2.40. The zero-order chi connectivity index (χ0) is 12.5. The second-order valence-corrected chi connectivity index (χ2v) is 4.52. The standard InChI is InChI=1S/C12H14N4O2/c17-11(18)9-6-13-4-2-8(9)10-7-15-12-14-3-1-5-16(10)12/h1,3,5,7-9,13H,2,4,6H2,(H,17,18). The number of nitrogens with zero attached hydrogens (tertiary/aromatic N) is 3. The second kappa shape index (κ2) is 4.38. The number of imidazole rings is 1. The van der Waals surface area contributed by atoms with Crippen molar-refractivity contribution in [2.75, 3.05) is 13.1 Å². The lowest BCUT2D eigenvalue weighted by molar-refractivity contribution is -0.143. The maximum atomic E-state index is 11.3. The van der Waals surface area contributed by atoms with Gasteiger partial charge in [-0.1, -0.05) is 0 Å². The average molecular weight is 246 g/mol. The van der Waals surface area contributed by atoms with Crippen molar-refractivity contribution < 1.29 is 9.90 Å². The van der Waals surface area contributed by atoms with Crippen molar-refractivity contribution in [3.63, 3.8) is 0 Å². The molecule has 0 spiro atoms. The van der Waals surface area contributed by atoms with Gasteiger partial charge in [0.25, 0.3) is 0 Å². The predicted octanol–water partition coefficient (Wildman–Crippen LogP) is 0.507. The number of carboxylic acids is 1. The lowest BCUT2D eigenvalue weighted by atomic mass is 9.84. The van der Waals surface area contributed by atoms with Gasteiger partial charge >= 0.3 is 5.97 Å². The van der Waals surface area contributed by atoms with Gasteiger partial charge in [-0.25, -0.2) is 9.97 Å². The maximum Gasteiger partial charge on any atom is 0.308 e. The molecule has 0 amide bonds. The number of rotatable bonds is 2. The normalized spacial score (nSPS) is 24.2. The van der Waals surface area contributed by atoms with Crippen LogP contribution in [0.5, 0.6) is 0 Å². The fourth-order valence-corrected chi connectivity index (χ4v) is 2.59. The topological polar surface area (TPSA) is 79.5 Å². The summed E-state index contributed by atoms with van der Waals surface area (Å²) in [6.07, 6.45) is 6.11. The van der Waals surface area contributed by atoms with Crippen LogP contribution >= 0.6 is 0 Å². The summed E-state index contributed by atoms with van der Waals surface area (Å²) in [7, 11) is 0. The smallest absolute Gasteiger partial charge is 0.308 e. The summed E-state index contributed by atoms with van der Waals surface area (Å²) in [4.78, 5) is 19.7. The summed E-state index contributed by atoms with van der Waals surface area (Å²) in [5.74, 6) is -0.553. The van der Waals surface area contributed by atoms with E-state index in [1.807, 2.05) is 16.7 Å². The predicted molar refractivity (Wildman–Crippen MR) is 64.3 cm³/mol. The largest absolute Gasteiger partial charge is 0.481 e. The molecule has 6 nitrogen and oxygen atoms in total. The van der Waals surface area contributed by atoms with Gasteiger partial charge in [0.2, 0.25) is 5.78 Å². The zero-order valence-electron chi connectivity index (χ0n) is 9.78. The van der Waals surface area contributed by atoms with Gasteiger partial charge in [-0.05, 0) is 19.0 Å². The maximum absolute atomic E-state index is 11.3. The molecule has 3 heterocycles. The van der Waals surface area contributed by atoms with Crippen molar-refractivity contribution in [3.8, 4) is 0 Å². The first-order valence-electron chi connectivity index (χ1n) is 5.99. The van der Waals surface area contributed by atoms with E-state index in [1.165, 1.54) is 0 Å². The van der Waals surface area contributed by atoms with Gasteiger partial charge in [-0.15, -0.1) is 0 Å². The first kappa shape index (κ1) is 11.2. The van der Waals surface area contributed by atoms with E-state index in [0.717, 1.165) is 18.7 Å². The summed E-state index contributed by atoms with van der Waals surface area (Å²) in [6, 6.07) is 1.83. The third-order valence-corrected chi connectivity index (χ3v) is 3.50. The number of aromatic nitrogens is 3. The number of aliphatic carboxylic acids is 1. The number of nitrogens with one attached hydrogen (secondary N) is 1. The number of hydrogen-bond acceptors (Lipinski definition) is 4. The number of carbonyl (C=O) groups is 1. The van der Waals surface area contributed by atoms with Gasteiger partial charge in [-0.3, -0.25) is 9.20 Å². The molecule has 0 bridgehead atoms. The Morgan fingerprint density at radius 1 is 1.50 bits per heavy atom. The number of fused-ring (bicyclic) bond motifs is 1. The quantitative estimate of drug-likeness (QED) is 0.807. The van der Waals surface area contributed by atoms with Crippen LogP contribution < -0.4 is 5.32 Å². The minimum absolute atomic E-state index is 0.0112. The van der Waals surface area contributed by atoms with Crippen LogP contribution in [0.15, 0.2) is 24.7 Å². The molecule has 1 saturated heterocycles. The Kier molecular flexibility index (Phi) is 2.71. The molecular formula is C12H14N4O2. The Balaban J connectivity index is 2.04. The minimum Gasteiger partial charge on any atom is -0.481 e. The van der Waals surface area contributed by atoms with Gasteiger partial charge in [0.05, 0.1) is 12.1 Å². The highest BCUT2D eigenvalue weighted by molar-refractivity contribution is 5.71. The lowest BCUT2D eigenvalue weighted by Gasteiger charge is -2.28. The molecule has 2 aromatic heterocycles. The third kappa shape index (κ3) is 1.74. The molecule has 94 valence electrons. The zero-order valence-corrected chi connectivity index (χ0v) is 9.78. The highest BCUT2D eigenvalue weighted by Crippen LogP contribution is 2.30. The van der Waals surface area contributed by atoms with E-state index in [0.29, 0.717) is 12.3 Å². The van der Waals surface area contributed by atoms with Crippen LogP contribution in [0.4, 0.5) is 0 Å². The van der Waals surface area contributed by atoms with E-state index in [9.17, 15) is 9.90 Å². The van der Waals surface area contributed by atoms with Gasteiger partial charge in [0.1, 0.15) is 0 Å². The Morgan fingerprint density at radius 2 is 2.39 bits per heavy atom.